The van der Waals surface area contributed by atoms with E-state index < -0.39 is 0 Å². The van der Waals surface area contributed by atoms with Crippen molar-refractivity contribution in [2.75, 3.05) is 7.11 Å². The van der Waals surface area contributed by atoms with Gasteiger partial charge in [0.05, 0.1) is 13.2 Å². The van der Waals surface area contributed by atoms with Gasteiger partial charge in [-0.2, -0.15) is 0 Å². The lowest BCUT2D eigenvalue weighted by molar-refractivity contribution is 0.100. The lowest BCUT2D eigenvalue weighted by Gasteiger charge is -2.21. The van der Waals surface area contributed by atoms with Crippen LogP contribution in [-0.4, -0.2) is 18.3 Å². The van der Waals surface area contributed by atoms with Crippen LogP contribution >= 0.6 is 0 Å². The van der Waals surface area contributed by atoms with E-state index in [1.807, 2.05) is 18.2 Å². The molecule has 1 aliphatic carbocycles. The number of hydrogen-bond acceptors (Lipinski definition) is 2. The summed E-state index contributed by atoms with van der Waals surface area (Å²) in [4.78, 5) is 0. The Morgan fingerprint density at radius 2 is 1.94 bits per heavy atom. The Morgan fingerprint density at radius 1 is 1.18 bits per heavy atom. The molecule has 2 rings (SSSR count). The van der Waals surface area contributed by atoms with E-state index >= 15 is 0 Å². The molecule has 1 saturated carbocycles. The molecule has 94 valence electrons. The molecule has 2 unspecified atom stereocenters. The minimum atomic E-state index is -0.137. The maximum Gasteiger partial charge on any atom is 0.122 e. The normalized spacial score (nSPS) is 25.3. The monoisotopic (exact) mass is 234 g/mol. The average molecular weight is 234 g/mol. The molecule has 0 radical (unpaired) electrons. The largest absolute Gasteiger partial charge is 0.496 e. The van der Waals surface area contributed by atoms with E-state index in [1.165, 1.54) is 24.8 Å². The van der Waals surface area contributed by atoms with Gasteiger partial charge < -0.3 is 9.84 Å². The van der Waals surface area contributed by atoms with Gasteiger partial charge in [-0.1, -0.05) is 37.5 Å². The Labute approximate surface area is 104 Å². The molecule has 1 aliphatic rings. The van der Waals surface area contributed by atoms with Crippen molar-refractivity contribution in [2.24, 2.45) is 5.92 Å². The Hall–Kier alpha value is -1.02. The van der Waals surface area contributed by atoms with Crippen LogP contribution in [0.3, 0.4) is 0 Å². The molecule has 17 heavy (non-hydrogen) atoms. The highest BCUT2D eigenvalue weighted by atomic mass is 16.5. The van der Waals surface area contributed by atoms with Crippen molar-refractivity contribution in [2.45, 2.75) is 44.6 Å². The molecule has 0 aromatic heterocycles. The number of aliphatic hydroxyl groups is 1. The summed E-state index contributed by atoms with van der Waals surface area (Å²) >= 11 is 0. The molecule has 2 heteroatoms. The Kier molecular flexibility index (Phi) is 4.43. The van der Waals surface area contributed by atoms with E-state index in [4.69, 9.17) is 4.74 Å². The Morgan fingerprint density at radius 3 is 2.76 bits per heavy atom. The van der Waals surface area contributed by atoms with Crippen molar-refractivity contribution in [1.82, 2.24) is 0 Å². The number of aliphatic hydroxyl groups excluding tert-OH is 1. The highest BCUT2D eigenvalue weighted by Crippen LogP contribution is 2.29. The van der Waals surface area contributed by atoms with Crippen molar-refractivity contribution in [3.05, 3.63) is 29.8 Å². The summed E-state index contributed by atoms with van der Waals surface area (Å²) in [5.41, 5.74) is 1.22. The maximum atomic E-state index is 10.1. The fourth-order valence-electron chi connectivity index (χ4n) is 2.76. The molecule has 1 aromatic carbocycles. The topological polar surface area (TPSA) is 29.5 Å². The van der Waals surface area contributed by atoms with E-state index in [-0.39, 0.29) is 6.10 Å². The van der Waals surface area contributed by atoms with Crippen LogP contribution in [0.5, 0.6) is 5.75 Å². The van der Waals surface area contributed by atoms with Crippen LogP contribution in [0.1, 0.15) is 37.7 Å². The van der Waals surface area contributed by atoms with Crippen molar-refractivity contribution < 1.29 is 9.84 Å². The van der Waals surface area contributed by atoms with Gasteiger partial charge in [-0.15, -0.1) is 0 Å². The predicted octanol–water partition coefficient (Wildman–Crippen LogP) is 3.18. The van der Waals surface area contributed by atoms with Crippen LogP contribution in [0.2, 0.25) is 0 Å². The Bertz CT molecular complexity index is 349. The van der Waals surface area contributed by atoms with Crippen LogP contribution in [-0.2, 0) is 6.42 Å². The van der Waals surface area contributed by atoms with Crippen LogP contribution in [0.25, 0.3) is 0 Å². The predicted molar refractivity (Wildman–Crippen MR) is 69.3 cm³/mol. The van der Waals surface area contributed by atoms with Gasteiger partial charge in [-0.05, 0) is 36.8 Å². The first-order valence-corrected chi connectivity index (χ1v) is 6.61. The van der Waals surface area contributed by atoms with E-state index in [1.54, 1.807) is 7.11 Å². The SMILES string of the molecule is COc1ccccc1CC1CCCCCC1O. The van der Waals surface area contributed by atoms with Crippen molar-refractivity contribution in [3.63, 3.8) is 0 Å². The summed E-state index contributed by atoms with van der Waals surface area (Å²) in [7, 11) is 1.71. The van der Waals surface area contributed by atoms with Gasteiger partial charge in [0.25, 0.3) is 0 Å². The summed E-state index contributed by atoms with van der Waals surface area (Å²) in [6.07, 6.45) is 6.58. The number of hydrogen-bond donors (Lipinski definition) is 1. The van der Waals surface area contributed by atoms with Gasteiger partial charge in [-0.25, -0.2) is 0 Å². The summed E-state index contributed by atoms with van der Waals surface area (Å²) in [6.45, 7) is 0. The van der Waals surface area contributed by atoms with Gasteiger partial charge >= 0.3 is 0 Å². The lowest BCUT2D eigenvalue weighted by Crippen LogP contribution is -2.21. The number of rotatable bonds is 3. The van der Waals surface area contributed by atoms with Crippen LogP contribution < -0.4 is 4.74 Å². The smallest absolute Gasteiger partial charge is 0.122 e. The fraction of sp³-hybridized carbons (Fsp3) is 0.600. The minimum absolute atomic E-state index is 0.137. The van der Waals surface area contributed by atoms with E-state index in [2.05, 4.69) is 6.07 Å². The molecular weight excluding hydrogens is 212 g/mol. The second kappa shape index (κ2) is 6.06. The third kappa shape index (κ3) is 3.22. The molecule has 0 bridgehead atoms. The third-order valence-electron chi connectivity index (χ3n) is 3.79. The van der Waals surface area contributed by atoms with Crippen LogP contribution in [0.15, 0.2) is 24.3 Å². The standard InChI is InChI=1S/C15H22O2/c1-17-15-10-6-5-8-13(15)11-12-7-3-2-4-9-14(12)16/h5-6,8,10,12,14,16H,2-4,7,9,11H2,1H3. The van der Waals surface area contributed by atoms with Gasteiger partial charge in [0.2, 0.25) is 0 Å². The van der Waals surface area contributed by atoms with Gasteiger partial charge in [0.1, 0.15) is 5.75 Å². The molecule has 1 N–H and O–H groups in total. The van der Waals surface area contributed by atoms with Gasteiger partial charge in [0.15, 0.2) is 0 Å². The molecule has 2 atom stereocenters. The summed E-state index contributed by atoms with van der Waals surface area (Å²) in [5, 5.41) is 10.1. The zero-order valence-corrected chi connectivity index (χ0v) is 10.6. The first-order valence-electron chi connectivity index (χ1n) is 6.61. The zero-order chi connectivity index (χ0) is 12.1. The highest BCUT2D eigenvalue weighted by molar-refractivity contribution is 5.33. The fourth-order valence-corrected chi connectivity index (χ4v) is 2.76. The van der Waals surface area contributed by atoms with Gasteiger partial charge in [-0.3, -0.25) is 0 Å². The van der Waals surface area contributed by atoms with E-state index in [9.17, 15) is 5.11 Å². The van der Waals surface area contributed by atoms with Crippen molar-refractivity contribution >= 4 is 0 Å². The van der Waals surface area contributed by atoms with Crippen molar-refractivity contribution in [1.29, 1.82) is 0 Å². The van der Waals surface area contributed by atoms with Crippen LogP contribution in [0, 0.1) is 5.92 Å². The van der Waals surface area contributed by atoms with Crippen molar-refractivity contribution in [3.8, 4) is 5.75 Å². The molecule has 2 nitrogen and oxygen atoms in total. The second-order valence-electron chi connectivity index (χ2n) is 4.98. The first-order chi connectivity index (χ1) is 8.31. The van der Waals surface area contributed by atoms with Gasteiger partial charge in [0, 0.05) is 0 Å². The zero-order valence-electron chi connectivity index (χ0n) is 10.6. The minimum Gasteiger partial charge on any atom is -0.496 e. The third-order valence-corrected chi connectivity index (χ3v) is 3.79. The van der Waals surface area contributed by atoms with Crippen LogP contribution in [0.4, 0.5) is 0 Å². The van der Waals surface area contributed by atoms with E-state index in [0.717, 1.165) is 25.0 Å². The Balaban J connectivity index is 2.07. The maximum absolute atomic E-state index is 10.1. The number of methoxy groups -OCH3 is 1. The average Bonchev–Trinajstić information content (AvgIpc) is 2.56. The number of ether oxygens (including phenoxy) is 1. The summed E-state index contributed by atoms with van der Waals surface area (Å²) in [6, 6.07) is 8.14. The lowest BCUT2D eigenvalue weighted by atomic mass is 9.90. The highest BCUT2D eigenvalue weighted by Gasteiger charge is 2.22. The summed E-state index contributed by atoms with van der Waals surface area (Å²) < 4.78 is 5.37. The summed E-state index contributed by atoms with van der Waals surface area (Å²) in [5.74, 6) is 1.35. The first kappa shape index (κ1) is 12.4. The molecule has 1 aromatic rings. The quantitative estimate of drug-likeness (QED) is 0.814. The van der Waals surface area contributed by atoms with E-state index in [0.29, 0.717) is 5.92 Å². The molecule has 0 aliphatic heterocycles. The molecular formula is C15H22O2. The molecule has 0 spiro atoms. The molecule has 1 fully saturated rings. The number of para-hydroxylation sites is 1. The molecule has 0 heterocycles. The molecule has 0 saturated heterocycles. The molecule has 0 amide bonds. The second-order valence-corrected chi connectivity index (χ2v) is 4.98. The number of benzene rings is 1.